The normalized spacial score (nSPS) is 11.9. The summed E-state index contributed by atoms with van der Waals surface area (Å²) in [7, 11) is 0. The van der Waals surface area contributed by atoms with Crippen LogP contribution in [-0.2, 0) is 4.79 Å². The van der Waals surface area contributed by atoms with Crippen molar-refractivity contribution in [2.75, 3.05) is 5.32 Å². The molecule has 184 valence electrons. The summed E-state index contributed by atoms with van der Waals surface area (Å²) in [4.78, 5) is 33.9. The Morgan fingerprint density at radius 2 is 1.95 bits per heavy atom. The summed E-state index contributed by atoms with van der Waals surface area (Å²) in [5.41, 5.74) is 7.29. The summed E-state index contributed by atoms with van der Waals surface area (Å²) in [5.74, 6) is -0.0791. The smallest absolute Gasteiger partial charge is 0.229 e. The molecular formula is C27H25N9O. The van der Waals surface area contributed by atoms with Gasteiger partial charge in [-0.2, -0.15) is 5.10 Å². The fourth-order valence-corrected chi connectivity index (χ4v) is 4.13. The molecule has 0 bridgehead atoms. The molecular weight excluding hydrogens is 466 g/mol. The molecule has 10 heteroatoms. The lowest BCUT2D eigenvalue weighted by Gasteiger charge is -2.17. The third kappa shape index (κ3) is 4.12. The molecule has 0 aliphatic rings. The van der Waals surface area contributed by atoms with Crippen molar-refractivity contribution in [1.29, 1.82) is 0 Å². The third-order valence-electron chi connectivity index (χ3n) is 6.13. The molecule has 0 radical (unpaired) electrons. The van der Waals surface area contributed by atoms with Gasteiger partial charge >= 0.3 is 0 Å². The predicted octanol–water partition coefficient (Wildman–Crippen LogP) is 5.04. The molecule has 6 rings (SSSR count). The zero-order valence-corrected chi connectivity index (χ0v) is 20.9. The van der Waals surface area contributed by atoms with Crippen molar-refractivity contribution in [3.05, 3.63) is 67.1 Å². The number of hydrogen-bond acceptors (Lipinski definition) is 6. The Hall–Kier alpha value is -4.86. The van der Waals surface area contributed by atoms with Crippen molar-refractivity contribution in [2.24, 2.45) is 5.41 Å². The van der Waals surface area contributed by atoms with Crippen LogP contribution in [0.15, 0.2) is 61.4 Å². The maximum Gasteiger partial charge on any atom is 0.229 e. The van der Waals surface area contributed by atoms with Crippen molar-refractivity contribution in [3.63, 3.8) is 0 Å². The first-order valence-corrected chi connectivity index (χ1v) is 11.9. The van der Waals surface area contributed by atoms with Crippen molar-refractivity contribution in [3.8, 4) is 28.3 Å². The molecule has 0 unspecified atom stereocenters. The van der Waals surface area contributed by atoms with Gasteiger partial charge in [-0.3, -0.25) is 14.9 Å². The molecule has 0 atom stereocenters. The van der Waals surface area contributed by atoms with Gasteiger partial charge in [0.05, 0.1) is 46.5 Å². The van der Waals surface area contributed by atoms with E-state index in [0.717, 1.165) is 44.9 Å². The molecule has 6 aromatic rings. The van der Waals surface area contributed by atoms with Crippen LogP contribution in [0.25, 0.3) is 50.4 Å². The molecule has 6 aromatic heterocycles. The van der Waals surface area contributed by atoms with Crippen molar-refractivity contribution >= 4 is 33.7 Å². The van der Waals surface area contributed by atoms with E-state index >= 15 is 0 Å². The average Bonchev–Trinajstić information content (AvgIpc) is 3.60. The van der Waals surface area contributed by atoms with E-state index in [4.69, 9.17) is 4.98 Å². The topological polar surface area (TPSA) is 130 Å². The summed E-state index contributed by atoms with van der Waals surface area (Å²) in [6, 6.07) is 9.70. The summed E-state index contributed by atoms with van der Waals surface area (Å²) in [5, 5.41) is 11.5. The number of imidazole rings is 1. The minimum atomic E-state index is -0.510. The number of aromatic nitrogens is 8. The highest BCUT2D eigenvalue weighted by Gasteiger charge is 2.21. The Morgan fingerprint density at radius 3 is 2.73 bits per heavy atom. The second kappa shape index (κ2) is 8.37. The molecule has 1 amide bonds. The Labute approximate surface area is 212 Å². The lowest BCUT2D eigenvalue weighted by Crippen LogP contribution is -2.27. The standard InChI is InChI=1S/C27H25N9O/c1-15-13-36(14-30-15)22-7-8-29-25-18(22)10-21(33-25)24-23-20(34-35-24)6-5-19(32-23)16-9-17(12-28-11-16)31-26(37)27(2,3)4/h5-14H,1-4H3,(H,29,33)(H,31,37)(H,34,35). The van der Waals surface area contributed by atoms with Crippen molar-refractivity contribution in [2.45, 2.75) is 27.7 Å². The zero-order valence-electron chi connectivity index (χ0n) is 20.9. The third-order valence-corrected chi connectivity index (χ3v) is 6.13. The van der Waals surface area contributed by atoms with Gasteiger partial charge in [-0.25, -0.2) is 15.0 Å². The van der Waals surface area contributed by atoms with Crippen LogP contribution in [0.4, 0.5) is 5.69 Å². The van der Waals surface area contributed by atoms with E-state index < -0.39 is 5.41 Å². The largest absolute Gasteiger partial charge is 0.338 e. The number of amides is 1. The summed E-state index contributed by atoms with van der Waals surface area (Å²) in [6.45, 7) is 7.57. The molecule has 0 aromatic carbocycles. The Bertz CT molecular complexity index is 1780. The summed E-state index contributed by atoms with van der Waals surface area (Å²) in [6.07, 6.45) is 8.90. The minimum absolute atomic E-state index is 0.0791. The monoisotopic (exact) mass is 491 g/mol. The van der Waals surface area contributed by atoms with Gasteiger partial charge in [0.1, 0.15) is 16.9 Å². The van der Waals surface area contributed by atoms with E-state index in [1.807, 2.05) is 68.8 Å². The van der Waals surface area contributed by atoms with Crippen LogP contribution in [0, 0.1) is 12.3 Å². The second-order valence-corrected chi connectivity index (χ2v) is 10.0. The highest BCUT2D eigenvalue weighted by atomic mass is 16.2. The Kier molecular flexibility index (Phi) is 5.11. The molecule has 0 aliphatic carbocycles. The number of nitrogens with zero attached hydrogens (tertiary/aromatic N) is 6. The first-order valence-electron chi connectivity index (χ1n) is 11.9. The molecule has 0 spiro atoms. The maximum absolute atomic E-state index is 12.4. The number of nitrogens with one attached hydrogen (secondary N) is 3. The van der Waals surface area contributed by atoms with Gasteiger partial charge in [-0.05, 0) is 37.3 Å². The number of carbonyl (C=O) groups excluding carboxylic acids is 1. The first-order chi connectivity index (χ1) is 17.8. The van der Waals surface area contributed by atoms with E-state index in [1.54, 1.807) is 24.9 Å². The Balaban J connectivity index is 1.40. The second-order valence-electron chi connectivity index (χ2n) is 10.0. The van der Waals surface area contributed by atoms with E-state index in [2.05, 4.69) is 35.5 Å². The fraction of sp³-hybridized carbons (Fsp3) is 0.185. The lowest BCUT2D eigenvalue weighted by molar-refractivity contribution is -0.123. The molecule has 10 nitrogen and oxygen atoms in total. The number of rotatable bonds is 4. The number of aryl methyl sites for hydroxylation is 1. The van der Waals surface area contributed by atoms with Crippen LogP contribution in [0.5, 0.6) is 0 Å². The predicted molar refractivity (Wildman–Crippen MR) is 142 cm³/mol. The molecule has 3 N–H and O–H groups in total. The number of hydrogen-bond donors (Lipinski definition) is 3. The van der Waals surface area contributed by atoms with E-state index in [-0.39, 0.29) is 5.91 Å². The van der Waals surface area contributed by atoms with Crippen LogP contribution in [0.1, 0.15) is 26.5 Å². The molecule has 0 saturated heterocycles. The minimum Gasteiger partial charge on any atom is -0.338 e. The van der Waals surface area contributed by atoms with E-state index in [0.29, 0.717) is 16.9 Å². The SMILES string of the molecule is Cc1cn(-c2ccnc3[nH]c(-c4n[nH]c5ccc(-c6cncc(NC(=O)C(C)(C)C)c6)nc45)cc23)cn1. The highest BCUT2D eigenvalue weighted by molar-refractivity contribution is 5.96. The molecule has 6 heterocycles. The molecule has 0 saturated carbocycles. The molecule has 0 fully saturated rings. The first kappa shape index (κ1) is 22.6. The van der Waals surface area contributed by atoms with Gasteiger partial charge in [-0.1, -0.05) is 20.8 Å². The summed E-state index contributed by atoms with van der Waals surface area (Å²) >= 11 is 0. The van der Waals surface area contributed by atoms with Crippen LogP contribution in [-0.4, -0.2) is 45.6 Å². The van der Waals surface area contributed by atoms with Crippen LogP contribution >= 0.6 is 0 Å². The number of anilines is 1. The van der Waals surface area contributed by atoms with E-state index in [9.17, 15) is 4.79 Å². The maximum atomic E-state index is 12.4. The van der Waals surface area contributed by atoms with Crippen molar-refractivity contribution in [1.82, 2.24) is 39.7 Å². The number of carbonyl (C=O) groups is 1. The number of fused-ring (bicyclic) bond motifs is 2. The zero-order chi connectivity index (χ0) is 25.7. The van der Waals surface area contributed by atoms with Gasteiger partial charge in [0.25, 0.3) is 0 Å². The van der Waals surface area contributed by atoms with Crippen LogP contribution in [0.3, 0.4) is 0 Å². The average molecular weight is 492 g/mol. The highest BCUT2D eigenvalue weighted by Crippen LogP contribution is 2.31. The Morgan fingerprint density at radius 1 is 1.08 bits per heavy atom. The number of pyridine rings is 3. The van der Waals surface area contributed by atoms with Gasteiger partial charge < -0.3 is 14.9 Å². The van der Waals surface area contributed by atoms with Gasteiger partial charge in [-0.15, -0.1) is 0 Å². The van der Waals surface area contributed by atoms with Crippen LogP contribution in [0.2, 0.25) is 0 Å². The lowest BCUT2D eigenvalue weighted by atomic mass is 9.95. The quantitative estimate of drug-likeness (QED) is 0.317. The summed E-state index contributed by atoms with van der Waals surface area (Å²) < 4.78 is 1.98. The molecule has 37 heavy (non-hydrogen) atoms. The van der Waals surface area contributed by atoms with Gasteiger partial charge in [0.15, 0.2) is 0 Å². The van der Waals surface area contributed by atoms with Crippen molar-refractivity contribution < 1.29 is 4.79 Å². The van der Waals surface area contributed by atoms with Gasteiger partial charge in [0.2, 0.25) is 5.91 Å². The fourth-order valence-electron chi connectivity index (χ4n) is 4.13. The molecule has 0 aliphatic heterocycles. The van der Waals surface area contributed by atoms with E-state index in [1.165, 1.54) is 0 Å². The van der Waals surface area contributed by atoms with Gasteiger partial charge in [0, 0.05) is 35.0 Å². The number of H-pyrrole nitrogens is 2. The number of aromatic amines is 2. The van der Waals surface area contributed by atoms with Crippen LogP contribution < -0.4 is 5.32 Å².